The van der Waals surface area contributed by atoms with Gasteiger partial charge in [-0.3, -0.25) is 4.79 Å². The highest BCUT2D eigenvalue weighted by molar-refractivity contribution is 5.92. The summed E-state index contributed by atoms with van der Waals surface area (Å²) in [7, 11) is 0. The summed E-state index contributed by atoms with van der Waals surface area (Å²) in [5, 5.41) is 27.0. The molecule has 3 N–H and O–H groups in total. The molecule has 6 heteroatoms. The molecule has 0 amide bonds. The maximum atomic E-state index is 10.7. The van der Waals surface area contributed by atoms with Crippen LogP contribution in [0, 0.1) is 0 Å². The number of rotatable bonds is 3. The van der Waals surface area contributed by atoms with Crippen molar-refractivity contribution < 1.29 is 29.6 Å². The summed E-state index contributed by atoms with van der Waals surface area (Å²) in [6.07, 6.45) is 1.06. The van der Waals surface area contributed by atoms with Crippen molar-refractivity contribution in [3.8, 4) is 11.5 Å². The lowest BCUT2D eigenvalue weighted by molar-refractivity contribution is -0.146. The van der Waals surface area contributed by atoms with E-state index in [4.69, 9.17) is 10.2 Å². The Hall–Kier alpha value is -2.50. The third-order valence-electron chi connectivity index (χ3n) is 1.76. The van der Waals surface area contributed by atoms with E-state index in [-0.39, 0.29) is 11.3 Å². The van der Waals surface area contributed by atoms with Crippen molar-refractivity contribution in [3.05, 3.63) is 29.5 Å². The van der Waals surface area contributed by atoms with E-state index < -0.39 is 23.4 Å². The van der Waals surface area contributed by atoms with E-state index in [0.717, 1.165) is 19.1 Å². The van der Waals surface area contributed by atoms with Crippen LogP contribution in [0.15, 0.2) is 24.0 Å². The minimum atomic E-state index is -1.41. The molecule has 1 aromatic rings. The highest BCUT2D eigenvalue weighted by Gasteiger charge is 2.12. The van der Waals surface area contributed by atoms with Crippen LogP contribution in [-0.2, 0) is 14.3 Å². The summed E-state index contributed by atoms with van der Waals surface area (Å²) in [6, 6.07) is 3.69. The van der Waals surface area contributed by atoms with Crippen LogP contribution in [0.25, 0.3) is 6.08 Å². The van der Waals surface area contributed by atoms with Crippen molar-refractivity contribution in [1.29, 1.82) is 0 Å². The van der Waals surface area contributed by atoms with Crippen LogP contribution in [0.3, 0.4) is 0 Å². The molecule has 0 bridgehead atoms. The second-order valence-corrected chi connectivity index (χ2v) is 3.16. The SMILES string of the molecule is CC(=O)O/C(=C\c1ccc(O)c(O)c1)C(=O)O. The first kappa shape index (κ1) is 12.6. The van der Waals surface area contributed by atoms with Crippen molar-refractivity contribution in [2.75, 3.05) is 0 Å². The molecule has 0 atom stereocenters. The zero-order chi connectivity index (χ0) is 13.0. The molecule has 17 heavy (non-hydrogen) atoms. The molecule has 1 rings (SSSR count). The number of carbonyl (C=O) groups is 2. The topological polar surface area (TPSA) is 104 Å². The molecule has 6 nitrogen and oxygen atoms in total. The van der Waals surface area contributed by atoms with E-state index in [0.29, 0.717) is 0 Å². The van der Waals surface area contributed by atoms with Crippen LogP contribution < -0.4 is 0 Å². The molecule has 0 unspecified atom stereocenters. The molecular formula is C11H10O6. The largest absolute Gasteiger partial charge is 0.504 e. The Morgan fingerprint density at radius 3 is 2.35 bits per heavy atom. The summed E-state index contributed by atoms with van der Waals surface area (Å²) >= 11 is 0. The smallest absolute Gasteiger partial charge is 0.371 e. The lowest BCUT2D eigenvalue weighted by atomic mass is 10.2. The van der Waals surface area contributed by atoms with E-state index in [1.807, 2.05) is 0 Å². The molecule has 0 aromatic heterocycles. The third-order valence-corrected chi connectivity index (χ3v) is 1.76. The number of carbonyl (C=O) groups excluding carboxylic acids is 1. The molecular weight excluding hydrogens is 228 g/mol. The minimum absolute atomic E-state index is 0.277. The minimum Gasteiger partial charge on any atom is -0.504 e. The molecule has 0 fully saturated rings. The van der Waals surface area contributed by atoms with Gasteiger partial charge in [-0.1, -0.05) is 6.07 Å². The summed E-state index contributed by atoms with van der Waals surface area (Å²) in [5.41, 5.74) is 0.277. The Bertz CT molecular complexity index is 489. The van der Waals surface area contributed by atoms with Crippen LogP contribution in [0.1, 0.15) is 12.5 Å². The van der Waals surface area contributed by atoms with Crippen LogP contribution in [0.2, 0.25) is 0 Å². The van der Waals surface area contributed by atoms with E-state index in [9.17, 15) is 14.7 Å². The normalized spacial score (nSPS) is 11.0. The average molecular weight is 238 g/mol. The van der Waals surface area contributed by atoms with Crippen molar-refractivity contribution >= 4 is 18.0 Å². The molecule has 0 aliphatic carbocycles. The van der Waals surface area contributed by atoms with E-state index >= 15 is 0 Å². The summed E-state index contributed by atoms with van der Waals surface area (Å²) in [4.78, 5) is 21.4. The zero-order valence-corrected chi connectivity index (χ0v) is 8.88. The first-order chi connectivity index (χ1) is 7.90. The fourth-order valence-corrected chi connectivity index (χ4v) is 1.07. The summed E-state index contributed by atoms with van der Waals surface area (Å²) < 4.78 is 4.46. The number of ether oxygens (including phenoxy) is 1. The number of aromatic hydroxyl groups is 2. The van der Waals surface area contributed by atoms with Crippen molar-refractivity contribution in [2.24, 2.45) is 0 Å². The molecule has 1 aromatic carbocycles. The third kappa shape index (κ3) is 3.53. The van der Waals surface area contributed by atoms with Crippen molar-refractivity contribution in [3.63, 3.8) is 0 Å². The number of phenolic OH excluding ortho intramolecular Hbond substituents is 2. The van der Waals surface area contributed by atoms with E-state index in [1.165, 1.54) is 12.1 Å². The molecule has 0 radical (unpaired) electrons. The monoisotopic (exact) mass is 238 g/mol. The first-order valence-corrected chi connectivity index (χ1v) is 4.55. The number of carboxylic acid groups (broad SMARTS) is 1. The maximum absolute atomic E-state index is 10.7. The lowest BCUT2D eigenvalue weighted by Gasteiger charge is -2.03. The molecule has 90 valence electrons. The molecule has 0 saturated heterocycles. The Balaban J connectivity index is 3.08. The highest BCUT2D eigenvalue weighted by atomic mass is 16.6. The van der Waals surface area contributed by atoms with Gasteiger partial charge in [0.25, 0.3) is 0 Å². The average Bonchev–Trinajstić information content (AvgIpc) is 2.21. The second kappa shape index (κ2) is 5.02. The molecule has 0 aliphatic heterocycles. The van der Waals surface area contributed by atoms with Crippen molar-refractivity contribution in [1.82, 2.24) is 0 Å². The Morgan fingerprint density at radius 2 is 1.88 bits per heavy atom. The second-order valence-electron chi connectivity index (χ2n) is 3.16. The van der Waals surface area contributed by atoms with E-state index in [1.54, 1.807) is 0 Å². The van der Waals surface area contributed by atoms with Gasteiger partial charge in [0.1, 0.15) is 0 Å². The Kier molecular flexibility index (Phi) is 3.71. The first-order valence-electron chi connectivity index (χ1n) is 4.55. The van der Waals surface area contributed by atoms with Gasteiger partial charge >= 0.3 is 11.9 Å². The van der Waals surface area contributed by atoms with Crippen LogP contribution >= 0.6 is 0 Å². The van der Waals surface area contributed by atoms with Gasteiger partial charge in [-0.2, -0.15) is 0 Å². The summed E-state index contributed by atoms with van der Waals surface area (Å²) in [5.74, 6) is -3.46. The number of aliphatic carboxylic acids is 1. The van der Waals surface area contributed by atoms with Gasteiger partial charge in [-0.25, -0.2) is 4.79 Å². The van der Waals surface area contributed by atoms with Gasteiger partial charge < -0.3 is 20.1 Å². The zero-order valence-electron chi connectivity index (χ0n) is 8.88. The number of esters is 1. The Labute approximate surface area is 96.4 Å². The Morgan fingerprint density at radius 1 is 1.24 bits per heavy atom. The lowest BCUT2D eigenvalue weighted by Crippen LogP contribution is -2.08. The standard InChI is InChI=1S/C11H10O6/c1-6(12)17-10(11(15)16)5-7-2-3-8(13)9(14)4-7/h2-5,13-14H,1H3,(H,15,16)/b10-5-. The van der Waals surface area contributed by atoms with Gasteiger partial charge in [-0.05, 0) is 23.8 Å². The van der Waals surface area contributed by atoms with Crippen LogP contribution in [0.5, 0.6) is 11.5 Å². The van der Waals surface area contributed by atoms with Gasteiger partial charge in [-0.15, -0.1) is 0 Å². The van der Waals surface area contributed by atoms with Gasteiger partial charge in [0, 0.05) is 6.92 Å². The highest BCUT2D eigenvalue weighted by Crippen LogP contribution is 2.26. The number of phenols is 2. The predicted octanol–water partition coefficient (Wildman–Crippen LogP) is 1.09. The summed E-state index contributed by atoms with van der Waals surface area (Å²) in [6.45, 7) is 1.07. The van der Waals surface area contributed by atoms with Crippen LogP contribution in [0.4, 0.5) is 0 Å². The number of hydrogen-bond donors (Lipinski definition) is 3. The van der Waals surface area contributed by atoms with Gasteiger partial charge in [0.15, 0.2) is 11.5 Å². The maximum Gasteiger partial charge on any atom is 0.371 e. The molecule has 0 spiro atoms. The van der Waals surface area contributed by atoms with E-state index in [2.05, 4.69) is 4.74 Å². The van der Waals surface area contributed by atoms with Gasteiger partial charge in [0.05, 0.1) is 0 Å². The number of benzene rings is 1. The molecule has 0 saturated carbocycles. The number of hydrogen-bond acceptors (Lipinski definition) is 5. The van der Waals surface area contributed by atoms with Crippen molar-refractivity contribution in [2.45, 2.75) is 6.92 Å². The van der Waals surface area contributed by atoms with Crippen LogP contribution in [-0.4, -0.2) is 27.3 Å². The molecule has 0 heterocycles. The fraction of sp³-hybridized carbons (Fsp3) is 0.0909. The van der Waals surface area contributed by atoms with Gasteiger partial charge in [0.2, 0.25) is 5.76 Å². The fourth-order valence-electron chi connectivity index (χ4n) is 1.07. The number of carboxylic acids is 1. The molecule has 0 aliphatic rings. The predicted molar refractivity (Wildman–Crippen MR) is 57.2 cm³/mol. The quantitative estimate of drug-likeness (QED) is 0.315.